The van der Waals surface area contributed by atoms with Gasteiger partial charge in [-0.25, -0.2) is 4.39 Å². The molecule has 1 saturated carbocycles. The molecule has 1 amide bonds. The molecule has 29 heavy (non-hydrogen) atoms. The van der Waals surface area contributed by atoms with Crippen LogP contribution in [0.15, 0.2) is 46.0 Å². The van der Waals surface area contributed by atoms with Crippen molar-refractivity contribution in [1.82, 2.24) is 16.0 Å². The van der Waals surface area contributed by atoms with Gasteiger partial charge in [0.2, 0.25) is 0 Å². The number of aliphatic imine (C=N–C) groups is 1. The lowest BCUT2D eigenvalue weighted by molar-refractivity contribution is 0.0925. The largest absolute Gasteiger partial charge is 0.459 e. The van der Waals surface area contributed by atoms with Gasteiger partial charge in [-0.15, -0.1) is 0 Å². The van der Waals surface area contributed by atoms with Crippen molar-refractivity contribution >= 4 is 11.9 Å². The van der Waals surface area contributed by atoms with E-state index in [1.54, 1.807) is 18.2 Å². The predicted molar refractivity (Wildman–Crippen MR) is 112 cm³/mol. The molecule has 1 fully saturated rings. The van der Waals surface area contributed by atoms with E-state index >= 15 is 0 Å². The molecule has 0 saturated heterocycles. The van der Waals surface area contributed by atoms with Gasteiger partial charge in [0.1, 0.15) is 5.82 Å². The fourth-order valence-electron chi connectivity index (χ4n) is 3.26. The summed E-state index contributed by atoms with van der Waals surface area (Å²) < 4.78 is 18.7. The number of nitrogens with zero attached hydrogens (tertiary/aromatic N) is 1. The summed E-state index contributed by atoms with van der Waals surface area (Å²) in [5.41, 5.74) is 1.81. The number of rotatable bonds is 9. The Morgan fingerprint density at radius 1 is 1.21 bits per heavy atom. The highest BCUT2D eigenvalue weighted by atomic mass is 19.1. The number of halogens is 1. The number of hydrogen-bond donors (Lipinski definition) is 3. The van der Waals surface area contributed by atoms with Gasteiger partial charge in [-0.2, -0.15) is 0 Å². The second kappa shape index (κ2) is 9.58. The molecule has 7 heteroatoms. The van der Waals surface area contributed by atoms with Gasteiger partial charge >= 0.3 is 0 Å². The maximum Gasteiger partial charge on any atom is 0.287 e. The summed E-state index contributed by atoms with van der Waals surface area (Å²) in [4.78, 5) is 16.7. The smallest absolute Gasteiger partial charge is 0.287 e. The topological polar surface area (TPSA) is 78.7 Å². The van der Waals surface area contributed by atoms with Crippen LogP contribution in [0.4, 0.5) is 4.39 Å². The molecule has 1 aromatic heterocycles. The van der Waals surface area contributed by atoms with Crippen LogP contribution in [0.2, 0.25) is 0 Å². The molecule has 156 valence electrons. The summed E-state index contributed by atoms with van der Waals surface area (Å²) in [5.74, 6) is 0.705. The van der Waals surface area contributed by atoms with Gasteiger partial charge in [0.15, 0.2) is 11.7 Å². The van der Waals surface area contributed by atoms with Crippen LogP contribution in [0.5, 0.6) is 0 Å². The first-order chi connectivity index (χ1) is 14.0. The van der Waals surface area contributed by atoms with E-state index < -0.39 is 0 Å². The van der Waals surface area contributed by atoms with E-state index in [2.05, 4.69) is 16.0 Å². The second-order valence-corrected chi connectivity index (χ2v) is 7.45. The molecule has 0 radical (unpaired) electrons. The van der Waals surface area contributed by atoms with E-state index in [4.69, 9.17) is 9.41 Å². The van der Waals surface area contributed by atoms with Crippen molar-refractivity contribution in [2.45, 2.75) is 38.5 Å². The number of carbonyl (C=O) groups excluding carboxylic acids is 1. The Kier molecular flexibility index (Phi) is 6.90. The Balaban J connectivity index is 1.45. The lowest BCUT2D eigenvalue weighted by Gasteiger charge is -2.16. The van der Waals surface area contributed by atoms with Crippen LogP contribution in [-0.2, 0) is 5.41 Å². The number of aryl methyl sites for hydroxylation is 1. The third-order valence-corrected chi connectivity index (χ3v) is 5.17. The molecule has 0 unspecified atom stereocenters. The standard InChI is InChI=1S/C22H29FN4O2/c1-3-24-21(26-12-5-11-25-20(28)19-16(2)8-13-29-19)27-15-22(9-10-22)17-6-4-7-18(23)14-17/h4,6-8,13-14H,3,5,9-12,15H2,1-2H3,(H,25,28)(H2,24,26,27). The normalized spacial score (nSPS) is 15.1. The molecule has 2 aromatic rings. The van der Waals surface area contributed by atoms with Crippen LogP contribution >= 0.6 is 0 Å². The molecule has 0 atom stereocenters. The molecule has 1 aliphatic carbocycles. The van der Waals surface area contributed by atoms with E-state index in [-0.39, 0.29) is 17.1 Å². The van der Waals surface area contributed by atoms with Gasteiger partial charge in [0, 0.05) is 30.6 Å². The van der Waals surface area contributed by atoms with Crippen LogP contribution in [0.1, 0.15) is 47.9 Å². The van der Waals surface area contributed by atoms with Crippen LogP contribution in [0.25, 0.3) is 0 Å². The molecule has 1 aromatic carbocycles. The summed E-state index contributed by atoms with van der Waals surface area (Å²) in [6, 6.07) is 8.60. The van der Waals surface area contributed by atoms with Crippen LogP contribution in [0, 0.1) is 12.7 Å². The van der Waals surface area contributed by atoms with E-state index in [1.807, 2.05) is 19.9 Å². The van der Waals surface area contributed by atoms with Gasteiger partial charge in [0.25, 0.3) is 5.91 Å². The fourth-order valence-corrected chi connectivity index (χ4v) is 3.26. The molecular formula is C22H29FN4O2. The minimum absolute atomic E-state index is 0.0423. The zero-order valence-corrected chi connectivity index (χ0v) is 17.1. The first-order valence-corrected chi connectivity index (χ1v) is 10.1. The number of hydrogen-bond acceptors (Lipinski definition) is 3. The number of furan rings is 1. The molecule has 3 N–H and O–H groups in total. The Labute approximate surface area is 171 Å². The maximum atomic E-state index is 13.6. The third kappa shape index (κ3) is 5.59. The molecule has 0 aliphatic heterocycles. The summed E-state index contributed by atoms with van der Waals surface area (Å²) >= 11 is 0. The van der Waals surface area contributed by atoms with Crippen LogP contribution < -0.4 is 16.0 Å². The fraction of sp³-hybridized carbons (Fsp3) is 0.455. The SMILES string of the molecule is CCNC(=NCC1(c2cccc(F)c2)CC1)NCCCNC(=O)c1occc1C. The van der Waals surface area contributed by atoms with Gasteiger partial charge < -0.3 is 20.4 Å². The summed E-state index contributed by atoms with van der Waals surface area (Å²) in [6.07, 6.45) is 4.32. The number of carbonyl (C=O) groups is 1. The Morgan fingerprint density at radius 2 is 2.00 bits per heavy atom. The van der Waals surface area contributed by atoms with E-state index in [9.17, 15) is 9.18 Å². The highest BCUT2D eigenvalue weighted by Gasteiger charge is 2.44. The maximum absolute atomic E-state index is 13.6. The number of amides is 1. The average Bonchev–Trinajstić information content (AvgIpc) is 3.38. The lowest BCUT2D eigenvalue weighted by Crippen LogP contribution is -2.39. The van der Waals surface area contributed by atoms with E-state index in [0.717, 1.165) is 42.9 Å². The third-order valence-electron chi connectivity index (χ3n) is 5.17. The zero-order valence-electron chi connectivity index (χ0n) is 17.1. The summed E-state index contributed by atoms with van der Waals surface area (Å²) in [7, 11) is 0. The number of benzene rings is 1. The minimum atomic E-state index is -0.199. The van der Waals surface area contributed by atoms with Crippen molar-refractivity contribution in [1.29, 1.82) is 0 Å². The Hall–Kier alpha value is -2.83. The predicted octanol–water partition coefficient (Wildman–Crippen LogP) is 3.13. The highest BCUT2D eigenvalue weighted by Crippen LogP contribution is 2.48. The van der Waals surface area contributed by atoms with Gasteiger partial charge in [0.05, 0.1) is 12.8 Å². The van der Waals surface area contributed by atoms with E-state index in [0.29, 0.717) is 25.4 Å². The molecule has 1 heterocycles. The molecular weight excluding hydrogens is 371 g/mol. The van der Waals surface area contributed by atoms with Gasteiger partial charge in [-0.3, -0.25) is 9.79 Å². The monoisotopic (exact) mass is 400 g/mol. The second-order valence-electron chi connectivity index (χ2n) is 7.45. The lowest BCUT2D eigenvalue weighted by atomic mass is 9.96. The Morgan fingerprint density at radius 3 is 2.66 bits per heavy atom. The summed E-state index contributed by atoms with van der Waals surface area (Å²) in [5, 5.41) is 9.39. The van der Waals surface area contributed by atoms with Crippen LogP contribution in [0.3, 0.4) is 0 Å². The van der Waals surface area contributed by atoms with Gasteiger partial charge in [-0.1, -0.05) is 12.1 Å². The first-order valence-electron chi connectivity index (χ1n) is 10.1. The van der Waals surface area contributed by atoms with Crippen molar-refractivity contribution in [3.63, 3.8) is 0 Å². The van der Waals surface area contributed by atoms with Crippen molar-refractivity contribution in [3.05, 3.63) is 59.3 Å². The number of guanidine groups is 1. The minimum Gasteiger partial charge on any atom is -0.459 e. The molecule has 3 rings (SSSR count). The highest BCUT2D eigenvalue weighted by molar-refractivity contribution is 5.92. The molecule has 0 bridgehead atoms. The van der Waals surface area contributed by atoms with Crippen molar-refractivity contribution in [2.24, 2.45) is 4.99 Å². The Bertz CT molecular complexity index is 858. The first kappa shape index (κ1) is 20.9. The average molecular weight is 400 g/mol. The molecule has 0 spiro atoms. The zero-order chi connectivity index (χ0) is 20.7. The summed E-state index contributed by atoms with van der Waals surface area (Å²) in [6.45, 7) is 6.46. The van der Waals surface area contributed by atoms with Crippen LogP contribution in [-0.4, -0.2) is 38.0 Å². The van der Waals surface area contributed by atoms with E-state index in [1.165, 1.54) is 12.3 Å². The number of nitrogens with one attached hydrogen (secondary N) is 3. The molecule has 1 aliphatic rings. The quantitative estimate of drug-likeness (QED) is 0.343. The van der Waals surface area contributed by atoms with Gasteiger partial charge in [-0.05, 0) is 56.9 Å². The molecule has 6 nitrogen and oxygen atoms in total. The van der Waals surface area contributed by atoms with Crippen molar-refractivity contribution in [3.8, 4) is 0 Å². The van der Waals surface area contributed by atoms with Crippen molar-refractivity contribution in [2.75, 3.05) is 26.2 Å². The van der Waals surface area contributed by atoms with Crippen molar-refractivity contribution < 1.29 is 13.6 Å².